The van der Waals surface area contributed by atoms with Crippen molar-refractivity contribution in [3.8, 4) is 10.7 Å². The number of benzene rings is 2. The normalized spacial score (nSPS) is 15.1. The fraction of sp³-hybridized carbons (Fsp3) is 0.250. The third-order valence-electron chi connectivity index (χ3n) is 4.17. The van der Waals surface area contributed by atoms with Gasteiger partial charge in [0.2, 0.25) is 0 Å². The van der Waals surface area contributed by atoms with E-state index in [9.17, 15) is 4.79 Å². The molecule has 0 radical (unpaired) electrons. The Morgan fingerprint density at radius 3 is 2.67 bits per heavy atom. The first-order chi connectivity index (χ1) is 11.5. The molecule has 4 heteroatoms. The summed E-state index contributed by atoms with van der Waals surface area (Å²) < 4.78 is 1.35. The molecule has 0 atom stereocenters. The van der Waals surface area contributed by atoms with E-state index in [-0.39, 0.29) is 20.4 Å². The van der Waals surface area contributed by atoms with Gasteiger partial charge in [0.15, 0.2) is 0 Å². The third kappa shape index (κ3) is 3.70. The van der Waals surface area contributed by atoms with E-state index in [1.54, 1.807) is 24.3 Å². The number of carbonyl (C=O) groups is 1. The van der Waals surface area contributed by atoms with Crippen molar-refractivity contribution in [3.63, 3.8) is 0 Å². The molecule has 0 spiro atoms. The second-order valence-electron chi connectivity index (χ2n) is 6.33. The molecule has 1 aliphatic rings. The van der Waals surface area contributed by atoms with Gasteiger partial charge in [-0.1, -0.05) is 0 Å². The van der Waals surface area contributed by atoms with Gasteiger partial charge < -0.3 is 0 Å². The van der Waals surface area contributed by atoms with E-state index in [4.69, 9.17) is 5.11 Å². The van der Waals surface area contributed by atoms with Gasteiger partial charge in [0.1, 0.15) is 0 Å². The second kappa shape index (κ2) is 7.07. The van der Waals surface area contributed by atoms with Gasteiger partial charge in [-0.05, 0) is 0 Å². The van der Waals surface area contributed by atoms with E-state index >= 15 is 0 Å². The third-order valence-corrected chi connectivity index (χ3v) is 7.20. The first-order valence-electron chi connectivity index (χ1n) is 7.75. The van der Waals surface area contributed by atoms with Crippen LogP contribution in [-0.4, -0.2) is 31.8 Å². The average Bonchev–Trinajstić information content (AvgIpc) is 2.55. The summed E-state index contributed by atoms with van der Waals surface area (Å²) in [5.74, 6) is 3.42. The maximum atomic E-state index is 10.9. The van der Waals surface area contributed by atoms with Gasteiger partial charge >= 0.3 is 153 Å². The Kier molecular flexibility index (Phi) is 5.06. The van der Waals surface area contributed by atoms with Crippen LogP contribution >= 0.6 is 11.8 Å². The van der Waals surface area contributed by atoms with Crippen LogP contribution in [0.25, 0.3) is 0 Å². The number of hydrogen-bond acceptors (Lipinski definition) is 2. The fourth-order valence-corrected chi connectivity index (χ4v) is 6.09. The van der Waals surface area contributed by atoms with Crippen LogP contribution in [0.5, 0.6) is 0 Å². The Bertz CT molecular complexity index is 829. The van der Waals surface area contributed by atoms with Crippen molar-refractivity contribution >= 4 is 37.1 Å². The molecule has 2 nitrogen and oxygen atoms in total. The molecule has 2 aromatic rings. The molecule has 1 aliphatic heterocycles. The van der Waals surface area contributed by atoms with Crippen LogP contribution in [0.1, 0.15) is 41.8 Å². The predicted octanol–water partition coefficient (Wildman–Crippen LogP) is 3.50. The van der Waals surface area contributed by atoms with Crippen molar-refractivity contribution in [2.75, 3.05) is 5.75 Å². The number of carboxylic acids is 1. The first kappa shape index (κ1) is 17.2. The molecule has 0 bridgehead atoms. The number of fused-ring (bicyclic) bond motifs is 1. The van der Waals surface area contributed by atoms with Crippen LogP contribution in [0, 0.1) is 10.7 Å². The molecule has 1 heterocycles. The molecule has 0 unspecified atom stereocenters. The van der Waals surface area contributed by atoms with Crippen LogP contribution < -0.4 is 4.46 Å². The van der Waals surface area contributed by atoms with Gasteiger partial charge in [0.05, 0.1) is 0 Å². The number of aromatic carboxylic acids is 1. The first-order valence-corrected chi connectivity index (χ1v) is 10.4. The van der Waals surface area contributed by atoms with E-state index in [0.717, 1.165) is 11.3 Å². The minimum atomic E-state index is -0.908. The molecule has 2 aromatic carbocycles. The summed E-state index contributed by atoms with van der Waals surface area (Å²) in [6.45, 7) is 4.63. The maximum absolute atomic E-state index is 10.9. The molecular formula is C20H18O2SSe. The van der Waals surface area contributed by atoms with Crippen molar-refractivity contribution in [2.45, 2.75) is 30.6 Å². The summed E-state index contributed by atoms with van der Waals surface area (Å²) in [6, 6.07) is 13.3. The van der Waals surface area contributed by atoms with Crippen molar-refractivity contribution < 1.29 is 9.90 Å². The standard InChI is InChI=1S/C20H18O2SSe/c1-20(2)11-12-23-18-16(20)4-3-5-17(18)24-13-10-14-6-8-15(9-7-14)19(21)22/h3-9H,11-12H2,1-2H3,(H,21,22). The van der Waals surface area contributed by atoms with Crippen LogP contribution in [0.15, 0.2) is 47.4 Å². The Balaban J connectivity index is 1.80. The van der Waals surface area contributed by atoms with E-state index in [0.29, 0.717) is 5.56 Å². The zero-order chi connectivity index (χ0) is 17.2. The van der Waals surface area contributed by atoms with Gasteiger partial charge in [-0.25, -0.2) is 0 Å². The zero-order valence-electron chi connectivity index (χ0n) is 13.6. The Morgan fingerprint density at radius 2 is 1.96 bits per heavy atom. The summed E-state index contributed by atoms with van der Waals surface area (Å²) in [4.78, 5) is 15.6. The van der Waals surface area contributed by atoms with Gasteiger partial charge in [0.25, 0.3) is 0 Å². The van der Waals surface area contributed by atoms with E-state index in [1.165, 1.54) is 21.3 Å². The van der Waals surface area contributed by atoms with Crippen molar-refractivity contribution in [3.05, 3.63) is 59.2 Å². The zero-order valence-corrected chi connectivity index (χ0v) is 16.2. The summed E-state index contributed by atoms with van der Waals surface area (Å²) in [6.07, 6.45) is 1.21. The minimum absolute atomic E-state index is 0.0945. The van der Waals surface area contributed by atoms with Crippen LogP contribution in [0.3, 0.4) is 0 Å². The van der Waals surface area contributed by atoms with Crippen LogP contribution in [0.4, 0.5) is 0 Å². The SMILES string of the molecule is CC1(C)CCSc2c([Se]C#Cc3ccc(C(=O)O)cc3)cccc21. The molecule has 0 aliphatic carbocycles. The molecule has 0 aromatic heterocycles. The Morgan fingerprint density at radius 1 is 1.21 bits per heavy atom. The number of rotatable bonds is 2. The topological polar surface area (TPSA) is 37.3 Å². The molecular weight excluding hydrogens is 383 g/mol. The summed E-state index contributed by atoms with van der Waals surface area (Å²) >= 11 is 2.05. The fourth-order valence-electron chi connectivity index (χ4n) is 2.66. The second-order valence-corrected chi connectivity index (χ2v) is 9.21. The quantitative estimate of drug-likeness (QED) is 0.618. The Labute approximate surface area is 153 Å². The Hall–Kier alpha value is -1.66. The van der Waals surface area contributed by atoms with Crippen molar-refractivity contribution in [1.29, 1.82) is 0 Å². The molecule has 3 rings (SSSR count). The van der Waals surface area contributed by atoms with E-state index in [2.05, 4.69) is 42.8 Å². The molecule has 0 saturated carbocycles. The molecule has 1 N–H and O–H groups in total. The van der Waals surface area contributed by atoms with Gasteiger partial charge in [-0.3, -0.25) is 0 Å². The molecule has 0 fully saturated rings. The van der Waals surface area contributed by atoms with Crippen molar-refractivity contribution in [2.24, 2.45) is 0 Å². The van der Waals surface area contributed by atoms with Gasteiger partial charge in [-0.15, -0.1) is 0 Å². The number of hydrogen-bond donors (Lipinski definition) is 1. The summed E-state index contributed by atoms with van der Waals surface area (Å²) in [7, 11) is 0. The summed E-state index contributed by atoms with van der Waals surface area (Å²) in [5.41, 5.74) is 2.85. The van der Waals surface area contributed by atoms with Crippen molar-refractivity contribution in [1.82, 2.24) is 0 Å². The van der Waals surface area contributed by atoms with Crippen LogP contribution in [-0.2, 0) is 5.41 Å². The monoisotopic (exact) mass is 402 g/mol. The predicted molar refractivity (Wildman–Crippen MR) is 100 cm³/mol. The van der Waals surface area contributed by atoms with E-state index < -0.39 is 5.97 Å². The number of carboxylic acid groups (broad SMARTS) is 1. The molecule has 0 amide bonds. The molecule has 122 valence electrons. The van der Waals surface area contributed by atoms with E-state index in [1.807, 2.05) is 11.8 Å². The van der Waals surface area contributed by atoms with Gasteiger partial charge in [0, 0.05) is 0 Å². The molecule has 24 heavy (non-hydrogen) atoms. The number of thioether (sulfide) groups is 1. The van der Waals surface area contributed by atoms with Gasteiger partial charge in [-0.2, -0.15) is 0 Å². The molecule has 0 saturated heterocycles. The van der Waals surface area contributed by atoms with Crippen LogP contribution in [0.2, 0.25) is 0 Å². The average molecular weight is 401 g/mol. The summed E-state index contributed by atoms with van der Waals surface area (Å²) in [5, 5.41) is 8.92.